The predicted molar refractivity (Wildman–Crippen MR) is 77.7 cm³/mol. The van der Waals surface area contributed by atoms with Gasteiger partial charge < -0.3 is 10.2 Å². The molecule has 0 aliphatic heterocycles. The number of hydrogen-bond donors (Lipinski definition) is 2. The van der Waals surface area contributed by atoms with Gasteiger partial charge >= 0.3 is 0 Å². The van der Waals surface area contributed by atoms with E-state index in [1.54, 1.807) is 18.4 Å². The van der Waals surface area contributed by atoms with Gasteiger partial charge in [0.25, 0.3) is 0 Å². The van der Waals surface area contributed by atoms with E-state index in [1.165, 1.54) is 18.3 Å². The highest BCUT2D eigenvalue weighted by Gasteiger charge is 2.14. The molecule has 2 rings (SSSR count). The van der Waals surface area contributed by atoms with Crippen molar-refractivity contribution >= 4 is 27.2 Å². The van der Waals surface area contributed by atoms with Crippen LogP contribution >= 0.6 is 12.2 Å². The van der Waals surface area contributed by atoms with Gasteiger partial charge in [-0.25, -0.2) is 13.1 Å². The maximum Gasteiger partial charge on any atom is 0.242 e. The van der Waals surface area contributed by atoms with E-state index in [-0.39, 0.29) is 16.4 Å². The number of rotatable bonds is 6. The highest BCUT2D eigenvalue weighted by molar-refractivity contribution is 7.89. The van der Waals surface area contributed by atoms with Crippen molar-refractivity contribution in [2.24, 2.45) is 5.73 Å². The van der Waals surface area contributed by atoms with Crippen molar-refractivity contribution in [2.45, 2.75) is 11.3 Å². The van der Waals surface area contributed by atoms with E-state index in [4.69, 9.17) is 22.4 Å². The molecule has 0 aromatic carbocycles. The summed E-state index contributed by atoms with van der Waals surface area (Å²) in [6.07, 6.45) is 3.25. The Kier molecular flexibility index (Phi) is 4.48. The topological polar surface area (TPSA) is 98.2 Å². The van der Waals surface area contributed by atoms with Crippen molar-refractivity contribution in [1.29, 1.82) is 0 Å². The van der Waals surface area contributed by atoms with Crippen LogP contribution in [0.5, 0.6) is 0 Å². The number of nitrogens with two attached hydrogens (primary N) is 1. The fourth-order valence-corrected chi connectivity index (χ4v) is 2.63. The number of thiocarbonyl (C=S) groups is 1. The van der Waals surface area contributed by atoms with Gasteiger partial charge in [-0.05, 0) is 24.3 Å². The first kappa shape index (κ1) is 14.6. The minimum atomic E-state index is -3.59. The number of furan rings is 1. The minimum absolute atomic E-state index is 0.0666. The highest BCUT2D eigenvalue weighted by atomic mass is 32.2. The van der Waals surface area contributed by atoms with Crippen LogP contribution in [-0.4, -0.2) is 24.9 Å². The molecule has 0 spiro atoms. The summed E-state index contributed by atoms with van der Waals surface area (Å²) < 4.78 is 31.6. The zero-order valence-corrected chi connectivity index (χ0v) is 12.1. The molecule has 0 aliphatic rings. The lowest BCUT2D eigenvalue weighted by atomic mass is 10.3. The van der Waals surface area contributed by atoms with Crippen LogP contribution in [0.4, 0.5) is 0 Å². The summed E-state index contributed by atoms with van der Waals surface area (Å²) in [5.74, 6) is 0.717. The average Bonchev–Trinajstić information content (AvgIpc) is 2.92. The van der Waals surface area contributed by atoms with Crippen LogP contribution in [0, 0.1) is 0 Å². The average molecular weight is 311 g/mol. The standard InChI is InChI=1S/C12H13N3O3S2/c13-12(19)11-4-3-10(8-14-11)20(16,17)15-6-5-9-2-1-7-18-9/h1-4,7-8,15H,5-6H2,(H2,13,19). The van der Waals surface area contributed by atoms with Crippen molar-refractivity contribution in [3.63, 3.8) is 0 Å². The fourth-order valence-electron chi connectivity index (χ4n) is 1.53. The summed E-state index contributed by atoms with van der Waals surface area (Å²) in [6, 6.07) is 6.43. The summed E-state index contributed by atoms with van der Waals surface area (Å²) in [7, 11) is -3.59. The van der Waals surface area contributed by atoms with Crippen LogP contribution in [0.2, 0.25) is 0 Å². The molecule has 20 heavy (non-hydrogen) atoms. The van der Waals surface area contributed by atoms with Crippen molar-refractivity contribution in [3.05, 3.63) is 48.2 Å². The molecule has 0 atom stereocenters. The highest BCUT2D eigenvalue weighted by Crippen LogP contribution is 2.08. The maximum atomic E-state index is 12.0. The molecule has 2 heterocycles. The summed E-state index contributed by atoms with van der Waals surface area (Å²) in [5.41, 5.74) is 5.78. The van der Waals surface area contributed by atoms with E-state index in [2.05, 4.69) is 9.71 Å². The van der Waals surface area contributed by atoms with Gasteiger partial charge in [-0.3, -0.25) is 4.98 Å². The maximum absolute atomic E-state index is 12.0. The minimum Gasteiger partial charge on any atom is -0.469 e. The zero-order valence-electron chi connectivity index (χ0n) is 10.4. The van der Waals surface area contributed by atoms with E-state index in [9.17, 15) is 8.42 Å². The van der Waals surface area contributed by atoms with Crippen molar-refractivity contribution < 1.29 is 12.8 Å². The van der Waals surface area contributed by atoms with Crippen LogP contribution in [0.1, 0.15) is 11.5 Å². The molecule has 8 heteroatoms. The number of nitrogens with one attached hydrogen (secondary N) is 1. The number of hydrogen-bond acceptors (Lipinski definition) is 5. The van der Waals surface area contributed by atoms with E-state index in [0.29, 0.717) is 12.1 Å². The molecule has 2 aromatic rings. The first-order valence-electron chi connectivity index (χ1n) is 5.77. The van der Waals surface area contributed by atoms with Crippen LogP contribution in [0.25, 0.3) is 0 Å². The van der Waals surface area contributed by atoms with Crippen LogP contribution < -0.4 is 10.5 Å². The lowest BCUT2D eigenvalue weighted by Crippen LogP contribution is -2.26. The Hall–Kier alpha value is -1.77. The summed E-state index contributed by atoms with van der Waals surface area (Å²) >= 11 is 4.75. The molecule has 0 radical (unpaired) electrons. The van der Waals surface area contributed by atoms with Gasteiger partial charge in [-0.2, -0.15) is 0 Å². The van der Waals surface area contributed by atoms with Crippen molar-refractivity contribution in [3.8, 4) is 0 Å². The van der Waals surface area contributed by atoms with Gasteiger partial charge in [0, 0.05) is 19.2 Å². The third-order valence-corrected chi connectivity index (χ3v) is 4.20. The first-order valence-corrected chi connectivity index (χ1v) is 7.66. The smallest absolute Gasteiger partial charge is 0.242 e. The molecule has 0 unspecified atom stereocenters. The summed E-state index contributed by atoms with van der Waals surface area (Å²) in [4.78, 5) is 4.09. The van der Waals surface area contributed by atoms with E-state index < -0.39 is 10.0 Å². The van der Waals surface area contributed by atoms with Gasteiger partial charge in [-0.1, -0.05) is 12.2 Å². The molecule has 0 aliphatic carbocycles. The first-order chi connectivity index (χ1) is 9.49. The zero-order chi connectivity index (χ0) is 14.6. The molecular formula is C12H13N3O3S2. The molecular weight excluding hydrogens is 298 g/mol. The van der Waals surface area contributed by atoms with Gasteiger partial charge in [0.2, 0.25) is 10.0 Å². The quantitative estimate of drug-likeness (QED) is 0.767. The Bertz CT molecular complexity index is 679. The Balaban J connectivity index is 2.00. The van der Waals surface area contributed by atoms with E-state index in [0.717, 1.165) is 5.76 Å². The second-order valence-corrected chi connectivity index (χ2v) is 6.18. The van der Waals surface area contributed by atoms with E-state index in [1.807, 2.05) is 0 Å². The van der Waals surface area contributed by atoms with E-state index >= 15 is 0 Å². The van der Waals surface area contributed by atoms with Crippen LogP contribution in [-0.2, 0) is 16.4 Å². The Morgan fingerprint density at radius 2 is 2.20 bits per heavy atom. The largest absolute Gasteiger partial charge is 0.469 e. The van der Waals surface area contributed by atoms with Gasteiger partial charge in [0.15, 0.2) is 0 Å². The molecule has 0 saturated carbocycles. The van der Waals surface area contributed by atoms with Crippen LogP contribution in [0.15, 0.2) is 46.0 Å². The second-order valence-electron chi connectivity index (χ2n) is 3.97. The van der Waals surface area contributed by atoms with Crippen LogP contribution in [0.3, 0.4) is 0 Å². The van der Waals surface area contributed by atoms with Gasteiger partial charge in [0.1, 0.15) is 15.6 Å². The third kappa shape index (κ3) is 3.62. The van der Waals surface area contributed by atoms with Gasteiger partial charge in [-0.15, -0.1) is 0 Å². The predicted octanol–water partition coefficient (Wildman–Crippen LogP) is 0.830. The molecule has 2 aromatic heterocycles. The Morgan fingerprint density at radius 1 is 1.40 bits per heavy atom. The number of pyridine rings is 1. The molecule has 0 saturated heterocycles. The van der Waals surface area contributed by atoms with Gasteiger partial charge in [0.05, 0.1) is 12.0 Å². The molecule has 0 fully saturated rings. The molecule has 0 bridgehead atoms. The number of nitrogens with zero attached hydrogens (tertiary/aromatic N) is 1. The number of aromatic nitrogens is 1. The molecule has 106 valence electrons. The molecule has 0 amide bonds. The second kappa shape index (κ2) is 6.12. The summed E-state index contributed by atoms with van der Waals surface area (Å²) in [6.45, 7) is 0.243. The van der Waals surface area contributed by atoms with Crippen molar-refractivity contribution in [2.75, 3.05) is 6.54 Å². The fraction of sp³-hybridized carbons (Fsp3) is 0.167. The normalized spacial score (nSPS) is 11.4. The summed E-state index contributed by atoms with van der Waals surface area (Å²) in [5, 5.41) is 0. The molecule has 3 N–H and O–H groups in total. The SMILES string of the molecule is NC(=S)c1ccc(S(=O)(=O)NCCc2ccco2)cn1. The number of sulfonamides is 1. The third-order valence-electron chi connectivity index (χ3n) is 2.54. The Labute approximate surface area is 122 Å². The lowest BCUT2D eigenvalue weighted by molar-refractivity contribution is 0.506. The monoisotopic (exact) mass is 311 g/mol. The van der Waals surface area contributed by atoms with Crippen molar-refractivity contribution in [1.82, 2.24) is 9.71 Å². The Morgan fingerprint density at radius 3 is 2.75 bits per heavy atom. The molecule has 6 nitrogen and oxygen atoms in total. The lowest BCUT2D eigenvalue weighted by Gasteiger charge is -2.06.